The Bertz CT molecular complexity index is 464. The summed E-state index contributed by atoms with van der Waals surface area (Å²) in [6.07, 6.45) is 3.22. The molecule has 0 fully saturated rings. The summed E-state index contributed by atoms with van der Waals surface area (Å²) >= 11 is 3.39. The Balaban J connectivity index is 2.60. The fourth-order valence-electron chi connectivity index (χ4n) is 1.31. The van der Waals surface area contributed by atoms with Crippen LogP contribution in [0.1, 0.15) is 11.4 Å². The number of nitrogens with zero attached hydrogens (tertiary/aromatic N) is 4. The first-order chi connectivity index (χ1) is 6.68. The lowest BCUT2D eigenvalue weighted by Crippen LogP contribution is -2.03. The number of hydrogen-bond donors (Lipinski definition) is 0. The van der Waals surface area contributed by atoms with Gasteiger partial charge >= 0.3 is 0 Å². The minimum atomic E-state index is 0.769. The van der Waals surface area contributed by atoms with Crippen LogP contribution in [-0.2, 0) is 0 Å². The van der Waals surface area contributed by atoms with Gasteiger partial charge in [0.15, 0.2) is 5.82 Å². The van der Waals surface area contributed by atoms with Gasteiger partial charge in [-0.05, 0) is 35.8 Å². The smallest absolute Gasteiger partial charge is 0.171 e. The number of rotatable bonds is 1. The molecule has 0 saturated carbocycles. The van der Waals surface area contributed by atoms with Crippen LogP contribution in [0.3, 0.4) is 0 Å². The molecule has 5 heteroatoms. The van der Waals surface area contributed by atoms with Crippen molar-refractivity contribution in [3.63, 3.8) is 0 Å². The van der Waals surface area contributed by atoms with E-state index in [2.05, 4.69) is 31.0 Å². The largest absolute Gasteiger partial charge is 0.243 e. The average Bonchev–Trinajstić information content (AvgIpc) is 2.46. The van der Waals surface area contributed by atoms with Crippen LogP contribution in [0, 0.1) is 13.8 Å². The molecule has 0 radical (unpaired) electrons. The lowest BCUT2D eigenvalue weighted by atomic mass is 10.4. The standard InChI is InChI=1S/C9H9BrN4/c1-6-3-7(2)14(13-6)9-8(10)4-11-5-12-9/h3-5H,1-2H3. The lowest BCUT2D eigenvalue weighted by molar-refractivity contribution is 0.795. The molecule has 0 saturated heterocycles. The Morgan fingerprint density at radius 3 is 2.71 bits per heavy atom. The summed E-state index contributed by atoms with van der Waals surface area (Å²) in [4.78, 5) is 8.07. The SMILES string of the molecule is Cc1cc(C)n(-c2ncncc2Br)n1. The highest BCUT2D eigenvalue weighted by atomic mass is 79.9. The normalized spacial score (nSPS) is 10.5. The Hall–Kier alpha value is -1.23. The maximum atomic E-state index is 4.34. The molecule has 2 heterocycles. The zero-order chi connectivity index (χ0) is 10.1. The minimum absolute atomic E-state index is 0.769. The minimum Gasteiger partial charge on any atom is -0.243 e. The Labute approximate surface area is 90.1 Å². The van der Waals surface area contributed by atoms with Crippen molar-refractivity contribution in [3.8, 4) is 5.82 Å². The molecule has 0 N–H and O–H groups in total. The van der Waals surface area contributed by atoms with E-state index in [0.29, 0.717) is 0 Å². The third-order valence-electron chi connectivity index (χ3n) is 1.86. The number of halogens is 1. The first kappa shape index (κ1) is 9.33. The molecule has 2 rings (SSSR count). The highest BCUT2D eigenvalue weighted by Gasteiger charge is 2.07. The van der Waals surface area contributed by atoms with Crippen LogP contribution in [-0.4, -0.2) is 19.7 Å². The zero-order valence-corrected chi connectivity index (χ0v) is 9.48. The van der Waals surface area contributed by atoms with E-state index in [1.54, 1.807) is 10.9 Å². The van der Waals surface area contributed by atoms with Crippen molar-refractivity contribution in [2.45, 2.75) is 13.8 Å². The molecule has 0 aliphatic heterocycles. The second kappa shape index (κ2) is 3.49. The topological polar surface area (TPSA) is 43.6 Å². The van der Waals surface area contributed by atoms with Crippen molar-refractivity contribution < 1.29 is 0 Å². The summed E-state index contributed by atoms with van der Waals surface area (Å²) in [5.74, 6) is 0.769. The van der Waals surface area contributed by atoms with E-state index in [9.17, 15) is 0 Å². The Morgan fingerprint density at radius 2 is 2.14 bits per heavy atom. The second-order valence-corrected chi connectivity index (χ2v) is 3.89. The van der Waals surface area contributed by atoms with Crippen molar-refractivity contribution in [2.75, 3.05) is 0 Å². The summed E-state index contributed by atoms with van der Waals surface area (Å²) in [5, 5.41) is 4.34. The van der Waals surface area contributed by atoms with Crippen molar-refractivity contribution in [1.29, 1.82) is 0 Å². The van der Waals surface area contributed by atoms with E-state index in [4.69, 9.17) is 0 Å². The van der Waals surface area contributed by atoms with Gasteiger partial charge in [-0.25, -0.2) is 14.6 Å². The average molecular weight is 253 g/mol. The monoisotopic (exact) mass is 252 g/mol. The number of aryl methyl sites for hydroxylation is 2. The van der Waals surface area contributed by atoms with Crippen LogP contribution >= 0.6 is 15.9 Å². The summed E-state index contributed by atoms with van der Waals surface area (Å²) in [6, 6.07) is 2.01. The maximum Gasteiger partial charge on any atom is 0.171 e. The summed E-state index contributed by atoms with van der Waals surface area (Å²) in [6.45, 7) is 3.95. The molecule has 0 aliphatic carbocycles. The van der Waals surface area contributed by atoms with Crippen LogP contribution in [0.25, 0.3) is 5.82 Å². The first-order valence-electron chi connectivity index (χ1n) is 4.17. The van der Waals surface area contributed by atoms with Gasteiger partial charge in [0.05, 0.1) is 10.2 Å². The van der Waals surface area contributed by atoms with Gasteiger partial charge in [0.1, 0.15) is 6.33 Å². The van der Waals surface area contributed by atoms with E-state index < -0.39 is 0 Å². The first-order valence-corrected chi connectivity index (χ1v) is 4.97. The van der Waals surface area contributed by atoms with E-state index in [0.717, 1.165) is 21.7 Å². The van der Waals surface area contributed by atoms with Gasteiger partial charge in [0.25, 0.3) is 0 Å². The molecule has 2 aromatic heterocycles. The van der Waals surface area contributed by atoms with Gasteiger partial charge in [-0.3, -0.25) is 0 Å². The van der Waals surface area contributed by atoms with Gasteiger partial charge in [-0.1, -0.05) is 0 Å². The molecule has 0 atom stereocenters. The molecule has 0 aliphatic rings. The lowest BCUT2D eigenvalue weighted by Gasteiger charge is -2.03. The van der Waals surface area contributed by atoms with E-state index in [1.165, 1.54) is 6.33 Å². The Kier molecular flexibility index (Phi) is 2.33. The number of aromatic nitrogens is 4. The molecule has 72 valence electrons. The third-order valence-corrected chi connectivity index (χ3v) is 2.42. The molecule has 0 unspecified atom stereocenters. The van der Waals surface area contributed by atoms with Crippen LogP contribution in [0.2, 0.25) is 0 Å². The zero-order valence-electron chi connectivity index (χ0n) is 7.90. The van der Waals surface area contributed by atoms with Gasteiger partial charge < -0.3 is 0 Å². The second-order valence-electron chi connectivity index (χ2n) is 3.03. The molecule has 14 heavy (non-hydrogen) atoms. The van der Waals surface area contributed by atoms with Gasteiger partial charge in [0, 0.05) is 11.9 Å². The van der Waals surface area contributed by atoms with E-state index >= 15 is 0 Å². The van der Waals surface area contributed by atoms with E-state index in [-0.39, 0.29) is 0 Å². The van der Waals surface area contributed by atoms with Crippen molar-refractivity contribution in [1.82, 2.24) is 19.7 Å². The molecule has 0 spiro atoms. The van der Waals surface area contributed by atoms with Crippen molar-refractivity contribution in [2.24, 2.45) is 0 Å². The predicted octanol–water partition coefficient (Wildman–Crippen LogP) is 2.04. The van der Waals surface area contributed by atoms with Gasteiger partial charge in [-0.15, -0.1) is 0 Å². The predicted molar refractivity (Wildman–Crippen MR) is 56.3 cm³/mol. The van der Waals surface area contributed by atoms with Crippen molar-refractivity contribution in [3.05, 3.63) is 34.5 Å². The fourth-order valence-corrected chi connectivity index (χ4v) is 1.69. The summed E-state index contributed by atoms with van der Waals surface area (Å²) in [7, 11) is 0. The van der Waals surface area contributed by atoms with Gasteiger partial charge in [-0.2, -0.15) is 5.10 Å². The molecule has 0 bridgehead atoms. The fraction of sp³-hybridized carbons (Fsp3) is 0.222. The summed E-state index contributed by atoms with van der Waals surface area (Å²) in [5.41, 5.74) is 2.04. The molecular formula is C9H9BrN4. The van der Waals surface area contributed by atoms with Crippen LogP contribution in [0.15, 0.2) is 23.1 Å². The third kappa shape index (κ3) is 1.55. The summed E-state index contributed by atoms with van der Waals surface area (Å²) < 4.78 is 2.63. The van der Waals surface area contributed by atoms with Gasteiger partial charge in [0.2, 0.25) is 0 Å². The van der Waals surface area contributed by atoms with E-state index in [1.807, 2.05) is 19.9 Å². The molecule has 0 aromatic carbocycles. The van der Waals surface area contributed by atoms with Crippen LogP contribution in [0.4, 0.5) is 0 Å². The Morgan fingerprint density at radius 1 is 1.36 bits per heavy atom. The maximum absolute atomic E-state index is 4.34. The van der Waals surface area contributed by atoms with Crippen LogP contribution in [0.5, 0.6) is 0 Å². The van der Waals surface area contributed by atoms with Crippen LogP contribution < -0.4 is 0 Å². The number of hydrogen-bond acceptors (Lipinski definition) is 3. The molecular weight excluding hydrogens is 244 g/mol. The highest BCUT2D eigenvalue weighted by Crippen LogP contribution is 2.17. The quantitative estimate of drug-likeness (QED) is 0.781. The van der Waals surface area contributed by atoms with Crippen molar-refractivity contribution >= 4 is 15.9 Å². The molecule has 2 aromatic rings. The molecule has 0 amide bonds. The molecule has 4 nitrogen and oxygen atoms in total. The highest BCUT2D eigenvalue weighted by molar-refractivity contribution is 9.10.